The fourth-order valence-corrected chi connectivity index (χ4v) is 10.3. The molecule has 4 heteroatoms. The average molecular weight is 490 g/mol. The summed E-state index contributed by atoms with van der Waals surface area (Å²) >= 11 is 0. The summed E-state index contributed by atoms with van der Waals surface area (Å²) in [5.41, 5.74) is -0.776. The monoisotopic (exact) mass is 489 g/mol. The number of rotatable bonds is 9. The van der Waals surface area contributed by atoms with Gasteiger partial charge in [-0.25, -0.2) is 0 Å². The highest BCUT2D eigenvalue weighted by Gasteiger charge is 2.47. The molecule has 0 N–H and O–H groups in total. The standard InChI is InChI=1S/C31H40NO2P/c1-30(2)24-26(25-31(3,4)32(30)33)34-22-14-15-23-35(27-16-8-5-9-17-27,28-18-10-6-11-19-28)29-20-12-7-13-21-29/h5-13,16-21,26H,14-15,22-25H2,1-4H3/q+1. The largest absolute Gasteiger partial charge is 0.378 e. The van der Waals surface area contributed by atoms with E-state index in [0.717, 1.165) is 38.5 Å². The van der Waals surface area contributed by atoms with Gasteiger partial charge in [-0.05, 0) is 89.8 Å². The molecular weight excluding hydrogens is 449 g/mol. The molecule has 0 saturated carbocycles. The van der Waals surface area contributed by atoms with E-state index in [1.807, 2.05) is 27.7 Å². The van der Waals surface area contributed by atoms with Crippen molar-refractivity contribution >= 4 is 23.2 Å². The van der Waals surface area contributed by atoms with Crippen LogP contribution in [-0.4, -0.2) is 35.0 Å². The van der Waals surface area contributed by atoms with Crippen molar-refractivity contribution in [2.24, 2.45) is 0 Å². The second-order valence-electron chi connectivity index (χ2n) is 11.1. The zero-order chi connectivity index (χ0) is 24.9. The zero-order valence-corrected chi connectivity index (χ0v) is 22.6. The highest BCUT2D eigenvalue weighted by Crippen LogP contribution is 2.55. The number of nitrogens with zero attached hydrogens (tertiary/aromatic N) is 1. The summed E-state index contributed by atoms with van der Waals surface area (Å²) < 4.78 is 6.38. The molecule has 0 bridgehead atoms. The summed E-state index contributed by atoms with van der Waals surface area (Å²) in [5, 5.41) is 18.3. The van der Waals surface area contributed by atoms with Gasteiger partial charge in [0.15, 0.2) is 0 Å². The molecule has 1 fully saturated rings. The highest BCUT2D eigenvalue weighted by molar-refractivity contribution is 7.95. The van der Waals surface area contributed by atoms with Gasteiger partial charge < -0.3 is 4.74 Å². The van der Waals surface area contributed by atoms with Crippen molar-refractivity contribution in [1.29, 1.82) is 0 Å². The second kappa shape index (κ2) is 10.9. The Morgan fingerprint density at radius 2 is 1.11 bits per heavy atom. The van der Waals surface area contributed by atoms with E-state index in [9.17, 15) is 5.21 Å². The lowest BCUT2D eigenvalue weighted by atomic mass is 9.80. The van der Waals surface area contributed by atoms with E-state index in [1.165, 1.54) is 21.0 Å². The molecule has 3 aromatic carbocycles. The fraction of sp³-hybridized carbons (Fsp3) is 0.419. The van der Waals surface area contributed by atoms with Crippen LogP contribution >= 0.6 is 7.26 Å². The molecule has 0 aromatic heterocycles. The molecule has 0 amide bonds. The average Bonchev–Trinajstić information content (AvgIpc) is 2.86. The van der Waals surface area contributed by atoms with Gasteiger partial charge in [0, 0.05) is 17.7 Å². The van der Waals surface area contributed by atoms with Crippen molar-refractivity contribution in [3.05, 3.63) is 91.0 Å². The van der Waals surface area contributed by atoms with Crippen LogP contribution in [0.15, 0.2) is 91.0 Å². The van der Waals surface area contributed by atoms with Gasteiger partial charge >= 0.3 is 0 Å². The third-order valence-corrected chi connectivity index (χ3v) is 11.9. The van der Waals surface area contributed by atoms with Crippen LogP contribution in [0.25, 0.3) is 0 Å². The van der Waals surface area contributed by atoms with Crippen LogP contribution in [0, 0.1) is 0 Å². The van der Waals surface area contributed by atoms with Crippen LogP contribution in [0.4, 0.5) is 0 Å². The smallest absolute Gasteiger partial charge is 0.112 e. The molecule has 1 aliphatic heterocycles. The maximum atomic E-state index is 12.7. The molecular formula is C31H40NO2P+. The van der Waals surface area contributed by atoms with Crippen molar-refractivity contribution < 1.29 is 9.94 Å². The van der Waals surface area contributed by atoms with Gasteiger partial charge in [-0.15, -0.1) is 10.3 Å². The predicted octanol–water partition coefficient (Wildman–Crippen LogP) is 6.14. The third-order valence-electron chi connectivity index (χ3n) is 7.39. The minimum atomic E-state index is -1.78. The maximum absolute atomic E-state index is 12.7. The number of ether oxygens (including phenoxy) is 1. The molecule has 185 valence electrons. The molecule has 0 atom stereocenters. The molecule has 1 heterocycles. The minimum Gasteiger partial charge on any atom is -0.378 e. The Morgan fingerprint density at radius 1 is 0.714 bits per heavy atom. The van der Waals surface area contributed by atoms with Gasteiger partial charge in [0.05, 0.1) is 12.3 Å². The minimum absolute atomic E-state index is 0.141. The van der Waals surface area contributed by atoms with Crippen molar-refractivity contribution in [3.8, 4) is 0 Å². The number of hydrogen-bond acceptors (Lipinski definition) is 2. The number of hydroxylamine groups is 2. The van der Waals surface area contributed by atoms with Crippen LogP contribution in [0.5, 0.6) is 0 Å². The number of benzene rings is 3. The summed E-state index contributed by atoms with van der Waals surface area (Å²) in [6, 6.07) is 33.2. The number of piperidine rings is 1. The lowest BCUT2D eigenvalue weighted by molar-refractivity contribution is -0.301. The molecule has 0 aliphatic carbocycles. The van der Waals surface area contributed by atoms with E-state index >= 15 is 0 Å². The lowest BCUT2D eigenvalue weighted by Gasteiger charge is -2.49. The third kappa shape index (κ3) is 5.70. The molecule has 0 unspecified atom stereocenters. The molecule has 3 aromatic rings. The number of unbranched alkanes of at least 4 members (excludes halogenated alkanes) is 1. The molecule has 1 radical (unpaired) electrons. The molecule has 1 saturated heterocycles. The summed E-state index contributed by atoms with van der Waals surface area (Å²) in [6.45, 7) is 8.89. The normalized spacial score (nSPS) is 18.4. The Labute approximate surface area is 212 Å². The Kier molecular flexibility index (Phi) is 8.13. The van der Waals surface area contributed by atoms with Crippen LogP contribution in [-0.2, 0) is 9.94 Å². The second-order valence-corrected chi connectivity index (χ2v) is 14.7. The summed E-state index contributed by atoms with van der Waals surface area (Å²) in [7, 11) is -1.78. The van der Waals surface area contributed by atoms with E-state index < -0.39 is 7.26 Å². The zero-order valence-electron chi connectivity index (χ0n) is 21.7. The molecule has 0 spiro atoms. The highest BCUT2D eigenvalue weighted by atomic mass is 31.2. The Morgan fingerprint density at radius 3 is 1.51 bits per heavy atom. The van der Waals surface area contributed by atoms with E-state index in [1.54, 1.807) is 0 Å². The quantitative estimate of drug-likeness (QED) is 0.267. The first-order valence-corrected chi connectivity index (χ1v) is 14.9. The van der Waals surface area contributed by atoms with Gasteiger partial charge in [-0.1, -0.05) is 54.6 Å². The van der Waals surface area contributed by atoms with Gasteiger partial charge in [0.2, 0.25) is 0 Å². The van der Waals surface area contributed by atoms with Crippen molar-refractivity contribution in [1.82, 2.24) is 5.06 Å². The lowest BCUT2D eigenvalue weighted by Crippen LogP contribution is -2.59. The first-order chi connectivity index (χ1) is 16.8. The first kappa shape index (κ1) is 26.0. The fourth-order valence-electron chi connectivity index (χ4n) is 5.87. The number of hydrogen-bond donors (Lipinski definition) is 0. The topological polar surface area (TPSA) is 32.4 Å². The molecule has 4 rings (SSSR count). The predicted molar refractivity (Wildman–Crippen MR) is 149 cm³/mol. The van der Waals surface area contributed by atoms with E-state index in [4.69, 9.17) is 4.74 Å². The van der Waals surface area contributed by atoms with Crippen LogP contribution in [0.3, 0.4) is 0 Å². The van der Waals surface area contributed by atoms with Gasteiger partial charge in [0.25, 0.3) is 0 Å². The van der Waals surface area contributed by atoms with Crippen molar-refractivity contribution in [2.75, 3.05) is 12.8 Å². The van der Waals surface area contributed by atoms with Gasteiger partial charge in [-0.3, -0.25) is 0 Å². The Bertz CT molecular complexity index is 938. The maximum Gasteiger partial charge on any atom is 0.112 e. The SMILES string of the molecule is CC1(C)CC(OCCCC[P+](c2ccccc2)(c2ccccc2)c2ccccc2)CC(C)(C)N1[O]. The van der Waals surface area contributed by atoms with Gasteiger partial charge in [-0.2, -0.15) is 0 Å². The van der Waals surface area contributed by atoms with Crippen molar-refractivity contribution in [2.45, 2.75) is 70.6 Å². The molecule has 3 nitrogen and oxygen atoms in total. The van der Waals surface area contributed by atoms with Crippen molar-refractivity contribution in [3.63, 3.8) is 0 Å². The van der Waals surface area contributed by atoms with E-state index in [2.05, 4.69) is 91.0 Å². The molecule has 35 heavy (non-hydrogen) atoms. The summed E-state index contributed by atoms with van der Waals surface area (Å²) in [5.74, 6) is 0. The van der Waals surface area contributed by atoms with Crippen LogP contribution in [0.2, 0.25) is 0 Å². The van der Waals surface area contributed by atoms with Crippen LogP contribution in [0.1, 0.15) is 53.4 Å². The van der Waals surface area contributed by atoms with E-state index in [-0.39, 0.29) is 17.2 Å². The van der Waals surface area contributed by atoms with Crippen LogP contribution < -0.4 is 15.9 Å². The Hall–Kier alpha value is -2.03. The summed E-state index contributed by atoms with van der Waals surface area (Å²) in [6.07, 6.45) is 4.95. The molecule has 1 aliphatic rings. The summed E-state index contributed by atoms with van der Waals surface area (Å²) in [4.78, 5) is 0. The van der Waals surface area contributed by atoms with E-state index in [0.29, 0.717) is 0 Å². The first-order valence-electron chi connectivity index (χ1n) is 12.9. The Balaban J connectivity index is 1.50. The van der Waals surface area contributed by atoms with Gasteiger partial charge in [0.1, 0.15) is 23.2 Å².